The van der Waals surface area contributed by atoms with Crippen LogP contribution in [-0.4, -0.2) is 29.8 Å². The van der Waals surface area contributed by atoms with Gasteiger partial charge >= 0.3 is 6.18 Å². The molecular formula is C12H16BrF3N2O. The zero-order chi connectivity index (χ0) is 14.5. The van der Waals surface area contributed by atoms with E-state index in [1.54, 1.807) is 0 Å². The third-order valence-electron chi connectivity index (χ3n) is 2.59. The smallest absolute Gasteiger partial charge is 0.395 e. The van der Waals surface area contributed by atoms with Gasteiger partial charge in [0.05, 0.1) is 12.2 Å². The van der Waals surface area contributed by atoms with Crippen molar-refractivity contribution in [1.82, 2.24) is 4.98 Å². The number of pyridine rings is 1. The molecule has 1 aromatic heterocycles. The van der Waals surface area contributed by atoms with Crippen molar-refractivity contribution in [2.75, 3.05) is 24.6 Å². The van der Waals surface area contributed by atoms with Crippen molar-refractivity contribution in [2.24, 2.45) is 0 Å². The van der Waals surface area contributed by atoms with Gasteiger partial charge in [-0.1, -0.05) is 13.3 Å². The molecular weight excluding hydrogens is 325 g/mol. The second kappa shape index (κ2) is 7.09. The van der Waals surface area contributed by atoms with Gasteiger partial charge in [-0.05, 0) is 28.4 Å². The maximum Gasteiger partial charge on any atom is 0.419 e. The highest BCUT2D eigenvalue weighted by atomic mass is 79.9. The summed E-state index contributed by atoms with van der Waals surface area (Å²) in [6.45, 7) is 2.32. The number of alkyl halides is 3. The van der Waals surface area contributed by atoms with Crippen LogP contribution in [0.15, 0.2) is 16.7 Å². The van der Waals surface area contributed by atoms with Crippen LogP contribution in [0.5, 0.6) is 0 Å². The van der Waals surface area contributed by atoms with Gasteiger partial charge in [-0.25, -0.2) is 4.98 Å². The van der Waals surface area contributed by atoms with E-state index in [9.17, 15) is 13.2 Å². The lowest BCUT2D eigenvalue weighted by atomic mass is 10.2. The number of unbranched alkanes of at least 4 members (excludes halogenated alkanes) is 1. The minimum atomic E-state index is -4.47. The van der Waals surface area contributed by atoms with E-state index in [2.05, 4.69) is 20.9 Å². The van der Waals surface area contributed by atoms with Crippen LogP contribution in [0.1, 0.15) is 25.3 Å². The predicted octanol–water partition coefficient (Wildman–Crippen LogP) is 3.46. The Morgan fingerprint density at radius 3 is 2.58 bits per heavy atom. The Morgan fingerprint density at radius 2 is 2.05 bits per heavy atom. The Bertz CT molecular complexity index is 412. The van der Waals surface area contributed by atoms with Crippen LogP contribution in [0.25, 0.3) is 0 Å². The number of aliphatic hydroxyl groups is 1. The normalized spacial score (nSPS) is 11.7. The molecule has 0 aliphatic rings. The monoisotopic (exact) mass is 340 g/mol. The van der Waals surface area contributed by atoms with E-state index < -0.39 is 11.7 Å². The molecule has 108 valence electrons. The first-order valence-electron chi connectivity index (χ1n) is 5.98. The van der Waals surface area contributed by atoms with E-state index in [0.29, 0.717) is 6.54 Å². The van der Waals surface area contributed by atoms with Gasteiger partial charge in [0.15, 0.2) is 0 Å². The third kappa shape index (κ3) is 4.65. The van der Waals surface area contributed by atoms with Crippen molar-refractivity contribution in [3.05, 3.63) is 22.3 Å². The number of halogens is 4. The molecule has 0 saturated heterocycles. The first-order chi connectivity index (χ1) is 8.90. The summed E-state index contributed by atoms with van der Waals surface area (Å²) >= 11 is 3.00. The van der Waals surface area contributed by atoms with Crippen molar-refractivity contribution in [3.63, 3.8) is 0 Å². The summed E-state index contributed by atoms with van der Waals surface area (Å²) in [7, 11) is 0. The molecule has 3 nitrogen and oxygen atoms in total. The number of rotatable bonds is 6. The molecule has 19 heavy (non-hydrogen) atoms. The van der Waals surface area contributed by atoms with Crippen molar-refractivity contribution < 1.29 is 18.3 Å². The van der Waals surface area contributed by atoms with Crippen LogP contribution in [0.4, 0.5) is 19.0 Å². The topological polar surface area (TPSA) is 36.4 Å². The maximum atomic E-state index is 13.0. The number of hydrogen-bond acceptors (Lipinski definition) is 3. The third-order valence-corrected chi connectivity index (χ3v) is 3.02. The molecule has 0 unspecified atom stereocenters. The number of nitrogens with zero attached hydrogens (tertiary/aromatic N) is 2. The fourth-order valence-corrected chi connectivity index (χ4v) is 2.02. The SMILES string of the molecule is CCCCN(CCO)c1ncc(Br)cc1C(F)(F)F. The molecule has 1 heterocycles. The van der Waals surface area contributed by atoms with Gasteiger partial charge in [-0.15, -0.1) is 0 Å². The lowest BCUT2D eigenvalue weighted by molar-refractivity contribution is -0.137. The molecule has 0 spiro atoms. The lowest BCUT2D eigenvalue weighted by Gasteiger charge is -2.25. The molecule has 1 rings (SSSR count). The summed E-state index contributed by atoms with van der Waals surface area (Å²) in [4.78, 5) is 5.34. The number of anilines is 1. The largest absolute Gasteiger partial charge is 0.419 e. The van der Waals surface area contributed by atoms with Gasteiger partial charge in [0.2, 0.25) is 0 Å². The molecule has 0 saturated carbocycles. The first kappa shape index (κ1) is 16.2. The Hall–Kier alpha value is -0.820. The number of hydrogen-bond donors (Lipinski definition) is 1. The van der Waals surface area contributed by atoms with Gasteiger partial charge in [0.25, 0.3) is 0 Å². The summed E-state index contributed by atoms with van der Waals surface area (Å²) in [5, 5.41) is 8.99. The second-order valence-electron chi connectivity index (χ2n) is 4.09. The van der Waals surface area contributed by atoms with E-state index >= 15 is 0 Å². The van der Waals surface area contributed by atoms with E-state index in [-0.39, 0.29) is 23.4 Å². The van der Waals surface area contributed by atoms with Crippen LogP contribution in [0.2, 0.25) is 0 Å². The Morgan fingerprint density at radius 1 is 1.37 bits per heavy atom. The zero-order valence-corrected chi connectivity index (χ0v) is 12.1. The van der Waals surface area contributed by atoms with Crippen LogP contribution in [0.3, 0.4) is 0 Å². The van der Waals surface area contributed by atoms with Crippen LogP contribution in [-0.2, 0) is 6.18 Å². The summed E-state index contributed by atoms with van der Waals surface area (Å²) < 4.78 is 39.3. The van der Waals surface area contributed by atoms with Gasteiger partial charge in [-0.3, -0.25) is 0 Å². The van der Waals surface area contributed by atoms with Crippen molar-refractivity contribution >= 4 is 21.7 Å². The average molecular weight is 341 g/mol. The minimum absolute atomic E-state index is 0.127. The van der Waals surface area contributed by atoms with E-state index in [0.717, 1.165) is 18.9 Å². The molecule has 0 amide bonds. The minimum Gasteiger partial charge on any atom is -0.395 e. The maximum absolute atomic E-state index is 13.0. The lowest BCUT2D eigenvalue weighted by Crippen LogP contribution is -2.31. The van der Waals surface area contributed by atoms with Crippen molar-refractivity contribution in [3.8, 4) is 0 Å². The van der Waals surface area contributed by atoms with Crippen molar-refractivity contribution in [1.29, 1.82) is 0 Å². The summed E-state index contributed by atoms with van der Waals surface area (Å²) in [5.74, 6) is -0.127. The summed E-state index contributed by atoms with van der Waals surface area (Å²) in [6, 6.07) is 1.01. The molecule has 0 aromatic carbocycles. The summed E-state index contributed by atoms with van der Waals surface area (Å²) in [6.07, 6.45) is -1.53. The Kier molecular flexibility index (Phi) is 6.06. The predicted molar refractivity (Wildman–Crippen MR) is 71.1 cm³/mol. The molecule has 0 fully saturated rings. The number of aliphatic hydroxyl groups excluding tert-OH is 1. The van der Waals surface area contributed by atoms with Gasteiger partial charge in [0, 0.05) is 23.8 Å². The molecule has 0 bridgehead atoms. The molecule has 0 aliphatic heterocycles. The fraction of sp³-hybridized carbons (Fsp3) is 0.583. The van der Waals surface area contributed by atoms with Gasteiger partial charge < -0.3 is 10.0 Å². The van der Waals surface area contributed by atoms with Crippen molar-refractivity contribution in [2.45, 2.75) is 25.9 Å². The molecule has 0 aliphatic carbocycles. The van der Waals surface area contributed by atoms with E-state index in [1.165, 1.54) is 11.1 Å². The zero-order valence-electron chi connectivity index (χ0n) is 10.5. The summed E-state index contributed by atoms with van der Waals surface area (Å²) in [5.41, 5.74) is -0.786. The quantitative estimate of drug-likeness (QED) is 0.861. The molecule has 1 aromatic rings. The average Bonchev–Trinajstić information content (AvgIpc) is 2.33. The highest BCUT2D eigenvalue weighted by Crippen LogP contribution is 2.36. The molecule has 1 N–H and O–H groups in total. The van der Waals surface area contributed by atoms with Crippen LogP contribution in [0, 0.1) is 0 Å². The van der Waals surface area contributed by atoms with E-state index in [1.807, 2.05) is 6.92 Å². The highest BCUT2D eigenvalue weighted by molar-refractivity contribution is 9.10. The Balaban J connectivity index is 3.14. The van der Waals surface area contributed by atoms with E-state index in [4.69, 9.17) is 5.11 Å². The molecule has 7 heteroatoms. The second-order valence-corrected chi connectivity index (χ2v) is 5.00. The van der Waals surface area contributed by atoms with Crippen LogP contribution >= 0.6 is 15.9 Å². The molecule has 0 radical (unpaired) electrons. The standard InChI is InChI=1S/C12H16BrF3N2O/c1-2-3-4-18(5-6-19)11-10(12(14,15)16)7-9(13)8-17-11/h7-8,19H,2-6H2,1H3. The molecule has 0 atom stereocenters. The highest BCUT2D eigenvalue weighted by Gasteiger charge is 2.36. The van der Waals surface area contributed by atoms with Gasteiger partial charge in [-0.2, -0.15) is 13.2 Å². The number of aromatic nitrogens is 1. The van der Waals surface area contributed by atoms with Gasteiger partial charge in [0.1, 0.15) is 5.82 Å². The fourth-order valence-electron chi connectivity index (χ4n) is 1.69. The first-order valence-corrected chi connectivity index (χ1v) is 6.78. The Labute approximate surface area is 118 Å². The van der Waals surface area contributed by atoms with Crippen LogP contribution < -0.4 is 4.90 Å².